The number of amides is 1. The summed E-state index contributed by atoms with van der Waals surface area (Å²) >= 11 is 0. The molecule has 0 bridgehead atoms. The van der Waals surface area contributed by atoms with Crippen molar-refractivity contribution >= 4 is 31.7 Å². The Morgan fingerprint density at radius 1 is 1.18 bits per heavy atom. The van der Waals surface area contributed by atoms with Gasteiger partial charge in [0, 0.05) is 18.5 Å². The number of aromatic nitrogens is 1. The topological polar surface area (TPSA) is 81.9 Å². The summed E-state index contributed by atoms with van der Waals surface area (Å²) in [5.74, 6) is 1.21. The Bertz CT molecular complexity index is 1020. The van der Waals surface area contributed by atoms with Crippen molar-refractivity contribution in [3.63, 3.8) is 0 Å². The zero-order chi connectivity index (χ0) is 25.3. The van der Waals surface area contributed by atoms with Crippen molar-refractivity contribution in [3.8, 4) is 5.75 Å². The molecule has 0 unspecified atom stereocenters. The molecule has 0 atom stereocenters. The van der Waals surface area contributed by atoms with Gasteiger partial charge in [-0.3, -0.25) is 4.79 Å². The average molecular weight is 489 g/mol. The lowest BCUT2D eigenvalue weighted by atomic mass is 9.91. The number of benzene rings is 1. The van der Waals surface area contributed by atoms with Gasteiger partial charge in [-0.15, -0.1) is 0 Å². The number of hydrogen-bond donors (Lipinski definition) is 0. The third-order valence-electron chi connectivity index (χ3n) is 7.01. The maximum Gasteiger partial charge on any atom is 0.410 e. The monoisotopic (exact) mass is 488 g/mol. The number of piperidine rings is 1. The van der Waals surface area contributed by atoms with Crippen LogP contribution in [0.2, 0.25) is 18.1 Å². The molecule has 1 aromatic heterocycles. The first-order valence-corrected chi connectivity index (χ1v) is 15.2. The second-order valence-corrected chi connectivity index (χ2v) is 16.7. The smallest absolute Gasteiger partial charge is 0.410 e. The number of aldehydes is 1. The summed E-state index contributed by atoms with van der Waals surface area (Å²) in [6.07, 6.45) is 4.16. The predicted molar refractivity (Wildman–Crippen MR) is 136 cm³/mol. The fourth-order valence-electron chi connectivity index (χ4n) is 3.94. The average Bonchev–Trinajstić information content (AvgIpc) is 3.12. The van der Waals surface area contributed by atoms with E-state index in [2.05, 4.69) is 39.0 Å². The van der Waals surface area contributed by atoms with Gasteiger partial charge in [-0.1, -0.05) is 25.9 Å². The Kier molecular flexibility index (Phi) is 7.50. The lowest BCUT2D eigenvalue weighted by Gasteiger charge is -2.36. The lowest BCUT2D eigenvalue weighted by molar-refractivity contribution is 0.0181. The molecule has 0 spiro atoms. The largest absolute Gasteiger partial charge is 0.543 e. The molecule has 188 valence electrons. The number of aryl methyl sites for hydroxylation is 1. The molecule has 1 aliphatic heterocycles. The molecule has 0 N–H and O–H groups in total. The number of rotatable bonds is 6. The molecule has 1 amide bonds. The van der Waals surface area contributed by atoms with Crippen LogP contribution >= 0.6 is 0 Å². The lowest BCUT2D eigenvalue weighted by Crippen LogP contribution is -2.43. The first-order chi connectivity index (χ1) is 15.7. The summed E-state index contributed by atoms with van der Waals surface area (Å²) < 4.78 is 17.5. The van der Waals surface area contributed by atoms with E-state index in [-0.39, 0.29) is 11.1 Å². The summed E-state index contributed by atoms with van der Waals surface area (Å²) in [4.78, 5) is 25.9. The molecule has 0 aliphatic carbocycles. The minimum atomic E-state index is -2.05. The van der Waals surface area contributed by atoms with E-state index in [1.54, 1.807) is 11.0 Å². The Labute approximate surface area is 204 Å². The molecular formula is C26H40N2O5Si. The van der Waals surface area contributed by atoms with Gasteiger partial charge in [0.25, 0.3) is 0 Å². The van der Waals surface area contributed by atoms with E-state index in [1.165, 1.54) is 0 Å². The molecule has 1 fully saturated rings. The molecule has 1 saturated heterocycles. The van der Waals surface area contributed by atoms with Crippen molar-refractivity contribution in [2.75, 3.05) is 13.1 Å². The molecule has 0 radical (unpaired) electrons. The highest BCUT2D eigenvalue weighted by Gasteiger charge is 2.39. The second kappa shape index (κ2) is 9.72. The van der Waals surface area contributed by atoms with Crippen LogP contribution in [0, 0.1) is 5.92 Å². The summed E-state index contributed by atoms with van der Waals surface area (Å²) in [5.41, 5.74) is 1.37. The van der Waals surface area contributed by atoms with E-state index < -0.39 is 13.9 Å². The van der Waals surface area contributed by atoms with E-state index in [0.29, 0.717) is 35.9 Å². The normalized spacial score (nSPS) is 16.1. The fourth-order valence-corrected chi connectivity index (χ4v) is 4.95. The number of hydrogen-bond acceptors (Lipinski definition) is 6. The van der Waals surface area contributed by atoms with Crippen LogP contribution in [0.15, 0.2) is 16.7 Å². The van der Waals surface area contributed by atoms with Crippen LogP contribution in [0.5, 0.6) is 5.75 Å². The highest BCUT2D eigenvalue weighted by atomic mass is 28.4. The highest BCUT2D eigenvalue weighted by molar-refractivity contribution is 6.74. The third kappa shape index (κ3) is 6.20. The number of fused-ring (bicyclic) bond motifs is 1. The van der Waals surface area contributed by atoms with Gasteiger partial charge in [0.15, 0.2) is 11.9 Å². The number of likely N-dealkylation sites (tertiary alicyclic amines) is 1. The van der Waals surface area contributed by atoms with Crippen LogP contribution < -0.4 is 4.43 Å². The van der Waals surface area contributed by atoms with Crippen LogP contribution in [0.4, 0.5) is 4.79 Å². The van der Waals surface area contributed by atoms with Crippen molar-refractivity contribution < 1.29 is 23.3 Å². The molecular weight excluding hydrogens is 448 g/mol. The summed E-state index contributed by atoms with van der Waals surface area (Å²) in [6.45, 7) is 18.0. The predicted octanol–water partition coefficient (Wildman–Crippen LogP) is 6.60. The van der Waals surface area contributed by atoms with Crippen molar-refractivity contribution in [3.05, 3.63) is 23.4 Å². The van der Waals surface area contributed by atoms with Crippen LogP contribution in [-0.2, 0) is 11.2 Å². The van der Waals surface area contributed by atoms with Crippen LogP contribution in [0.3, 0.4) is 0 Å². The van der Waals surface area contributed by atoms with Crippen LogP contribution in [0.1, 0.15) is 76.9 Å². The van der Waals surface area contributed by atoms with E-state index in [0.717, 1.165) is 43.0 Å². The fraction of sp³-hybridized carbons (Fsp3) is 0.654. The standard InChI is InChI=1S/C26H40N2O5Si/c1-25(2,3)31-24(30)28-13-11-18(12-14-28)9-10-22-21-16-20(33-34(7,8)26(4,5)6)15-19(17-29)23(21)32-27-22/h15-18H,9-14H2,1-8H3. The van der Waals surface area contributed by atoms with Gasteiger partial charge < -0.3 is 18.6 Å². The van der Waals surface area contributed by atoms with Crippen molar-refractivity contribution in [1.29, 1.82) is 0 Å². The molecule has 1 aromatic carbocycles. The Balaban J connectivity index is 1.68. The van der Waals surface area contributed by atoms with Crippen molar-refractivity contribution in [1.82, 2.24) is 10.1 Å². The SMILES string of the molecule is CC(C)(C)OC(=O)N1CCC(CCc2noc3c(C=O)cc(O[Si](C)(C)C(C)(C)C)cc23)CC1. The zero-order valence-electron chi connectivity index (χ0n) is 22.0. The number of ether oxygens (including phenoxy) is 1. The molecule has 3 rings (SSSR count). The van der Waals surface area contributed by atoms with E-state index >= 15 is 0 Å². The first kappa shape index (κ1) is 26.3. The first-order valence-electron chi connectivity index (χ1n) is 12.2. The number of carbonyl (C=O) groups excluding carboxylic acids is 2. The van der Waals surface area contributed by atoms with Gasteiger partial charge in [-0.25, -0.2) is 4.79 Å². The summed E-state index contributed by atoms with van der Waals surface area (Å²) in [6, 6.07) is 3.73. The summed E-state index contributed by atoms with van der Waals surface area (Å²) in [5, 5.41) is 5.20. The molecule has 1 aliphatic rings. The molecule has 8 heteroatoms. The maximum atomic E-state index is 12.3. The molecule has 34 heavy (non-hydrogen) atoms. The Morgan fingerprint density at radius 2 is 1.82 bits per heavy atom. The molecule has 7 nitrogen and oxygen atoms in total. The van der Waals surface area contributed by atoms with Gasteiger partial charge in [0.2, 0.25) is 8.32 Å². The van der Waals surface area contributed by atoms with E-state index in [1.807, 2.05) is 26.8 Å². The van der Waals surface area contributed by atoms with Crippen LogP contribution in [0.25, 0.3) is 11.0 Å². The number of carbonyl (C=O) groups is 2. The second-order valence-electron chi connectivity index (χ2n) is 11.9. The maximum absolute atomic E-state index is 12.3. The zero-order valence-corrected chi connectivity index (χ0v) is 23.0. The van der Waals surface area contributed by atoms with Gasteiger partial charge in [0.05, 0.1) is 11.3 Å². The third-order valence-corrected chi connectivity index (χ3v) is 11.4. The Hall–Kier alpha value is -2.35. The van der Waals surface area contributed by atoms with Gasteiger partial charge in [-0.2, -0.15) is 0 Å². The van der Waals surface area contributed by atoms with Crippen molar-refractivity contribution in [2.24, 2.45) is 5.92 Å². The quantitative estimate of drug-likeness (QED) is 0.336. The molecule has 2 heterocycles. The molecule has 2 aromatic rings. The van der Waals surface area contributed by atoms with Gasteiger partial charge >= 0.3 is 6.09 Å². The van der Waals surface area contributed by atoms with E-state index in [4.69, 9.17) is 13.7 Å². The molecule has 0 saturated carbocycles. The minimum Gasteiger partial charge on any atom is -0.543 e. The highest BCUT2D eigenvalue weighted by Crippen LogP contribution is 2.39. The van der Waals surface area contributed by atoms with Crippen LogP contribution in [-0.4, -0.2) is 49.4 Å². The van der Waals surface area contributed by atoms with Crippen molar-refractivity contribution in [2.45, 2.75) is 91.0 Å². The number of nitrogens with zero attached hydrogens (tertiary/aromatic N) is 2. The Morgan fingerprint density at radius 3 is 2.38 bits per heavy atom. The van der Waals surface area contributed by atoms with Gasteiger partial charge in [-0.05, 0) is 82.6 Å². The summed E-state index contributed by atoms with van der Waals surface area (Å²) in [7, 11) is -2.05. The minimum absolute atomic E-state index is 0.0505. The van der Waals surface area contributed by atoms with Gasteiger partial charge in [0.1, 0.15) is 11.4 Å². The van der Waals surface area contributed by atoms with E-state index in [9.17, 15) is 9.59 Å².